The van der Waals surface area contributed by atoms with Crippen molar-refractivity contribution in [2.45, 2.75) is 20.8 Å². The first-order valence-corrected chi connectivity index (χ1v) is 6.36. The molecule has 0 bridgehead atoms. The summed E-state index contributed by atoms with van der Waals surface area (Å²) in [6.07, 6.45) is 0. The maximum Gasteiger partial charge on any atom is 0.269 e. The van der Waals surface area contributed by atoms with Gasteiger partial charge in [0.05, 0.1) is 0 Å². The lowest BCUT2D eigenvalue weighted by molar-refractivity contribution is 0.0939. The van der Waals surface area contributed by atoms with E-state index in [-0.39, 0.29) is 5.91 Å². The topological polar surface area (TPSA) is 60.1 Å². The van der Waals surface area contributed by atoms with Crippen molar-refractivity contribution >= 4 is 5.91 Å². The van der Waals surface area contributed by atoms with Crippen molar-refractivity contribution in [3.63, 3.8) is 0 Å². The number of carbonyl (C=O) groups excluding carboxylic acids is 1. The molecule has 102 valence electrons. The smallest absolute Gasteiger partial charge is 0.269 e. The van der Waals surface area contributed by atoms with Crippen LogP contribution in [0.25, 0.3) is 11.5 Å². The molecule has 2 aromatic heterocycles. The SMILES string of the molecule is Cc1ccc(-c2cc(C(=O)NCC(C)C)n(C)n2)o1. The highest BCUT2D eigenvalue weighted by Gasteiger charge is 2.15. The van der Waals surface area contributed by atoms with Gasteiger partial charge >= 0.3 is 0 Å². The Labute approximate surface area is 112 Å². The van der Waals surface area contributed by atoms with Crippen molar-refractivity contribution in [3.8, 4) is 11.5 Å². The lowest BCUT2D eigenvalue weighted by atomic mass is 10.2. The van der Waals surface area contributed by atoms with Crippen LogP contribution in [0.2, 0.25) is 0 Å². The number of furan rings is 1. The van der Waals surface area contributed by atoms with Gasteiger partial charge in [0.2, 0.25) is 0 Å². The summed E-state index contributed by atoms with van der Waals surface area (Å²) in [5, 5.41) is 7.18. The fourth-order valence-corrected chi connectivity index (χ4v) is 1.76. The minimum Gasteiger partial charge on any atom is -0.460 e. The van der Waals surface area contributed by atoms with Gasteiger partial charge in [-0.15, -0.1) is 0 Å². The number of carbonyl (C=O) groups is 1. The fourth-order valence-electron chi connectivity index (χ4n) is 1.76. The molecule has 0 radical (unpaired) electrons. The predicted molar refractivity (Wildman–Crippen MR) is 72.8 cm³/mol. The second kappa shape index (κ2) is 5.30. The predicted octanol–water partition coefficient (Wildman–Crippen LogP) is 2.37. The number of rotatable bonds is 4. The van der Waals surface area contributed by atoms with Gasteiger partial charge in [-0.05, 0) is 25.0 Å². The van der Waals surface area contributed by atoms with Crippen LogP contribution in [-0.2, 0) is 7.05 Å². The number of hydrogen-bond acceptors (Lipinski definition) is 3. The van der Waals surface area contributed by atoms with Crippen molar-refractivity contribution in [1.82, 2.24) is 15.1 Å². The molecule has 0 atom stereocenters. The van der Waals surface area contributed by atoms with Gasteiger partial charge in [0.1, 0.15) is 17.1 Å². The molecule has 5 heteroatoms. The summed E-state index contributed by atoms with van der Waals surface area (Å²) >= 11 is 0. The Bertz CT molecular complexity index is 581. The maximum absolute atomic E-state index is 12.0. The van der Waals surface area contributed by atoms with Gasteiger partial charge in [-0.25, -0.2) is 0 Å². The van der Waals surface area contributed by atoms with Gasteiger partial charge in [0, 0.05) is 19.7 Å². The molecule has 1 N–H and O–H groups in total. The van der Waals surface area contributed by atoms with Crippen LogP contribution < -0.4 is 5.32 Å². The van der Waals surface area contributed by atoms with Crippen LogP contribution in [-0.4, -0.2) is 22.2 Å². The third kappa shape index (κ3) is 3.05. The van der Waals surface area contributed by atoms with E-state index in [1.165, 1.54) is 0 Å². The molecule has 5 nitrogen and oxygen atoms in total. The zero-order valence-corrected chi connectivity index (χ0v) is 11.7. The van der Waals surface area contributed by atoms with Crippen molar-refractivity contribution in [2.75, 3.05) is 6.54 Å². The Balaban J connectivity index is 2.19. The Morgan fingerprint density at radius 1 is 1.47 bits per heavy atom. The number of aromatic nitrogens is 2. The van der Waals surface area contributed by atoms with Crippen molar-refractivity contribution in [1.29, 1.82) is 0 Å². The number of nitrogens with one attached hydrogen (secondary N) is 1. The molecular formula is C14H19N3O2. The summed E-state index contributed by atoms with van der Waals surface area (Å²) in [7, 11) is 1.75. The zero-order chi connectivity index (χ0) is 14.0. The Morgan fingerprint density at radius 2 is 2.21 bits per heavy atom. The first-order chi connectivity index (χ1) is 8.97. The van der Waals surface area contributed by atoms with Crippen molar-refractivity contribution in [3.05, 3.63) is 29.7 Å². The molecule has 2 rings (SSSR count). The average Bonchev–Trinajstić information content (AvgIpc) is 2.92. The van der Waals surface area contributed by atoms with Crippen LogP contribution in [0.15, 0.2) is 22.6 Å². The molecule has 0 aliphatic heterocycles. The summed E-state index contributed by atoms with van der Waals surface area (Å²) in [6, 6.07) is 5.48. The molecule has 0 aliphatic carbocycles. The van der Waals surface area contributed by atoms with Gasteiger partial charge in [-0.3, -0.25) is 9.48 Å². The van der Waals surface area contributed by atoms with Gasteiger partial charge in [-0.2, -0.15) is 5.10 Å². The van der Waals surface area contributed by atoms with E-state index >= 15 is 0 Å². The molecule has 0 saturated carbocycles. The zero-order valence-electron chi connectivity index (χ0n) is 11.7. The molecule has 0 unspecified atom stereocenters. The van der Waals surface area contributed by atoms with Crippen LogP contribution in [0.3, 0.4) is 0 Å². The van der Waals surface area contributed by atoms with Crippen molar-refractivity contribution in [2.24, 2.45) is 13.0 Å². The summed E-state index contributed by atoms with van der Waals surface area (Å²) in [5.41, 5.74) is 1.20. The monoisotopic (exact) mass is 261 g/mol. The second-order valence-electron chi connectivity index (χ2n) is 5.05. The third-order valence-electron chi connectivity index (χ3n) is 2.78. The van der Waals surface area contributed by atoms with E-state index in [4.69, 9.17) is 4.42 Å². The van der Waals surface area contributed by atoms with Crippen LogP contribution in [0, 0.1) is 12.8 Å². The largest absolute Gasteiger partial charge is 0.460 e. The normalized spacial score (nSPS) is 11.0. The van der Waals surface area contributed by atoms with Crippen molar-refractivity contribution < 1.29 is 9.21 Å². The average molecular weight is 261 g/mol. The van der Waals surface area contributed by atoms with Crippen LogP contribution in [0.5, 0.6) is 0 Å². The van der Waals surface area contributed by atoms with Gasteiger partial charge in [-0.1, -0.05) is 13.8 Å². The van der Waals surface area contributed by atoms with E-state index < -0.39 is 0 Å². The quantitative estimate of drug-likeness (QED) is 0.919. The van der Waals surface area contributed by atoms with E-state index in [0.29, 0.717) is 29.6 Å². The number of hydrogen-bond donors (Lipinski definition) is 1. The Morgan fingerprint density at radius 3 is 2.79 bits per heavy atom. The molecule has 2 heterocycles. The number of aryl methyl sites for hydroxylation is 2. The second-order valence-corrected chi connectivity index (χ2v) is 5.05. The highest BCUT2D eigenvalue weighted by atomic mass is 16.3. The van der Waals surface area contributed by atoms with E-state index in [1.807, 2.05) is 19.1 Å². The van der Waals surface area contributed by atoms with Crippen LogP contribution >= 0.6 is 0 Å². The molecule has 0 aliphatic rings. The minimum absolute atomic E-state index is 0.113. The molecule has 19 heavy (non-hydrogen) atoms. The van der Waals surface area contributed by atoms with E-state index in [9.17, 15) is 4.79 Å². The lowest BCUT2D eigenvalue weighted by Crippen LogP contribution is -2.28. The van der Waals surface area contributed by atoms with Gasteiger partial charge < -0.3 is 9.73 Å². The third-order valence-corrected chi connectivity index (χ3v) is 2.78. The van der Waals surface area contributed by atoms with Crippen LogP contribution in [0.4, 0.5) is 0 Å². The molecule has 0 saturated heterocycles. The highest BCUT2D eigenvalue weighted by molar-refractivity contribution is 5.93. The molecule has 0 fully saturated rings. The van der Waals surface area contributed by atoms with Gasteiger partial charge in [0.15, 0.2) is 5.76 Å². The first kappa shape index (κ1) is 13.4. The Kier molecular flexibility index (Phi) is 3.74. The first-order valence-electron chi connectivity index (χ1n) is 6.36. The lowest BCUT2D eigenvalue weighted by Gasteiger charge is -2.06. The molecule has 0 spiro atoms. The molecule has 0 aromatic carbocycles. The fraction of sp³-hybridized carbons (Fsp3) is 0.429. The van der Waals surface area contributed by atoms with E-state index in [2.05, 4.69) is 24.3 Å². The number of nitrogens with zero attached hydrogens (tertiary/aromatic N) is 2. The molecular weight excluding hydrogens is 242 g/mol. The number of amides is 1. The van der Waals surface area contributed by atoms with Gasteiger partial charge in [0.25, 0.3) is 5.91 Å². The molecule has 2 aromatic rings. The van der Waals surface area contributed by atoms with E-state index in [1.54, 1.807) is 17.8 Å². The summed E-state index contributed by atoms with van der Waals surface area (Å²) < 4.78 is 7.08. The summed E-state index contributed by atoms with van der Waals surface area (Å²) in [6.45, 7) is 6.64. The standard InChI is InChI=1S/C14H19N3O2/c1-9(2)8-15-14(18)12-7-11(16-17(12)4)13-6-5-10(3)19-13/h5-7,9H,8H2,1-4H3,(H,15,18). The minimum atomic E-state index is -0.113. The Hall–Kier alpha value is -2.04. The van der Waals surface area contributed by atoms with E-state index in [0.717, 1.165) is 5.76 Å². The maximum atomic E-state index is 12.0. The molecule has 1 amide bonds. The summed E-state index contributed by atoms with van der Waals surface area (Å²) in [5.74, 6) is 1.81. The van der Waals surface area contributed by atoms with Crippen LogP contribution in [0.1, 0.15) is 30.1 Å². The highest BCUT2D eigenvalue weighted by Crippen LogP contribution is 2.21. The summed E-state index contributed by atoms with van der Waals surface area (Å²) in [4.78, 5) is 12.0.